The molecule has 1 unspecified atom stereocenters. The number of fused-ring (bicyclic) bond motifs is 1. The molecule has 1 aromatic carbocycles. The first kappa shape index (κ1) is 15.5. The minimum absolute atomic E-state index is 0.292. The molecule has 1 fully saturated rings. The van der Waals surface area contributed by atoms with E-state index < -0.39 is 17.9 Å². The number of nitrogens with one attached hydrogen (secondary N) is 1. The SMILES string of the molecule is CCOC(=O)c1ccc(NC2C(=O)N=C3SCCN3C2=O)cc1. The average Bonchev–Trinajstić information content (AvgIpc) is 3.00. The van der Waals surface area contributed by atoms with E-state index in [4.69, 9.17) is 4.74 Å². The van der Waals surface area contributed by atoms with Gasteiger partial charge in [-0.2, -0.15) is 4.99 Å². The molecule has 1 N–H and O–H groups in total. The zero-order valence-corrected chi connectivity index (χ0v) is 13.3. The van der Waals surface area contributed by atoms with E-state index in [-0.39, 0.29) is 5.91 Å². The van der Waals surface area contributed by atoms with E-state index >= 15 is 0 Å². The molecule has 0 aromatic heterocycles. The van der Waals surface area contributed by atoms with Crippen molar-refractivity contribution in [3.63, 3.8) is 0 Å². The average molecular weight is 333 g/mol. The molecule has 0 saturated carbocycles. The second kappa shape index (κ2) is 6.41. The van der Waals surface area contributed by atoms with Gasteiger partial charge in [0.1, 0.15) is 0 Å². The number of carbonyl (C=O) groups excluding carboxylic acids is 3. The number of aliphatic imine (C=N–C) groups is 1. The number of anilines is 1. The molecule has 0 aliphatic carbocycles. The Morgan fingerprint density at radius 3 is 2.83 bits per heavy atom. The summed E-state index contributed by atoms with van der Waals surface area (Å²) in [5, 5.41) is 3.36. The normalized spacial score (nSPS) is 20.1. The van der Waals surface area contributed by atoms with Crippen LogP contribution in [0.1, 0.15) is 17.3 Å². The zero-order chi connectivity index (χ0) is 16.4. The number of ether oxygens (including phenoxy) is 1. The van der Waals surface area contributed by atoms with Crippen molar-refractivity contribution in [1.29, 1.82) is 0 Å². The summed E-state index contributed by atoms with van der Waals surface area (Å²) in [7, 11) is 0. The Balaban J connectivity index is 1.73. The fourth-order valence-electron chi connectivity index (χ4n) is 2.33. The highest BCUT2D eigenvalue weighted by Gasteiger charge is 2.40. The smallest absolute Gasteiger partial charge is 0.338 e. The van der Waals surface area contributed by atoms with E-state index in [9.17, 15) is 14.4 Å². The van der Waals surface area contributed by atoms with Gasteiger partial charge in [-0.15, -0.1) is 0 Å². The maximum atomic E-state index is 12.4. The maximum absolute atomic E-state index is 12.4. The van der Waals surface area contributed by atoms with Crippen LogP contribution in [0.2, 0.25) is 0 Å². The molecule has 2 heterocycles. The van der Waals surface area contributed by atoms with E-state index in [1.54, 1.807) is 31.2 Å². The molecule has 0 radical (unpaired) electrons. The van der Waals surface area contributed by atoms with Crippen LogP contribution in [-0.2, 0) is 14.3 Å². The highest BCUT2D eigenvalue weighted by molar-refractivity contribution is 8.14. The predicted molar refractivity (Wildman–Crippen MR) is 86.4 cm³/mol. The van der Waals surface area contributed by atoms with Crippen molar-refractivity contribution in [2.45, 2.75) is 13.0 Å². The summed E-state index contributed by atoms with van der Waals surface area (Å²) in [5.74, 6) is -0.449. The molecule has 2 amide bonds. The maximum Gasteiger partial charge on any atom is 0.338 e. The van der Waals surface area contributed by atoms with Gasteiger partial charge in [0.2, 0.25) is 0 Å². The predicted octanol–water partition coefficient (Wildman–Crippen LogP) is 1.12. The lowest BCUT2D eigenvalue weighted by molar-refractivity contribution is -0.134. The van der Waals surface area contributed by atoms with Crippen LogP contribution >= 0.6 is 11.8 Å². The van der Waals surface area contributed by atoms with Crippen molar-refractivity contribution in [2.75, 3.05) is 24.2 Å². The quantitative estimate of drug-likeness (QED) is 0.656. The topological polar surface area (TPSA) is 88.1 Å². The molecule has 120 valence electrons. The molecule has 23 heavy (non-hydrogen) atoms. The van der Waals surface area contributed by atoms with Gasteiger partial charge in [-0.25, -0.2) is 4.79 Å². The van der Waals surface area contributed by atoms with Crippen molar-refractivity contribution in [3.8, 4) is 0 Å². The van der Waals surface area contributed by atoms with Crippen LogP contribution in [0.3, 0.4) is 0 Å². The van der Waals surface area contributed by atoms with Crippen molar-refractivity contribution in [2.24, 2.45) is 4.99 Å². The lowest BCUT2D eigenvalue weighted by Gasteiger charge is -2.26. The number of rotatable bonds is 4. The van der Waals surface area contributed by atoms with Crippen molar-refractivity contribution < 1.29 is 19.1 Å². The summed E-state index contributed by atoms with van der Waals surface area (Å²) < 4.78 is 4.90. The third-order valence-electron chi connectivity index (χ3n) is 3.45. The first-order chi connectivity index (χ1) is 11.1. The number of thioether (sulfide) groups is 1. The highest BCUT2D eigenvalue weighted by atomic mass is 32.2. The van der Waals surface area contributed by atoms with Gasteiger partial charge >= 0.3 is 5.97 Å². The van der Waals surface area contributed by atoms with Crippen molar-refractivity contribution >= 4 is 40.4 Å². The summed E-state index contributed by atoms with van der Waals surface area (Å²) in [6, 6.07) is 5.40. The van der Waals surface area contributed by atoms with Crippen LogP contribution in [0.5, 0.6) is 0 Å². The van der Waals surface area contributed by atoms with E-state index in [1.165, 1.54) is 16.7 Å². The van der Waals surface area contributed by atoms with Crippen LogP contribution < -0.4 is 5.32 Å². The Morgan fingerprint density at radius 1 is 1.39 bits per heavy atom. The van der Waals surface area contributed by atoms with Crippen LogP contribution in [0.25, 0.3) is 0 Å². The first-order valence-corrected chi connectivity index (χ1v) is 8.19. The van der Waals surface area contributed by atoms with Gasteiger partial charge in [-0.05, 0) is 31.2 Å². The number of nitrogens with zero attached hydrogens (tertiary/aromatic N) is 2. The standard InChI is InChI=1S/C15H15N3O4S/c1-2-22-14(21)9-3-5-10(6-4-9)16-11-12(19)17-15-18(13(11)20)7-8-23-15/h3-6,11,16H,2,7-8H2,1H3. The van der Waals surface area contributed by atoms with Gasteiger partial charge < -0.3 is 10.1 Å². The Hall–Kier alpha value is -2.35. The Morgan fingerprint density at radius 2 is 2.13 bits per heavy atom. The number of carbonyl (C=O) groups is 3. The van der Waals surface area contributed by atoms with Crippen LogP contribution in [0, 0.1) is 0 Å². The fraction of sp³-hybridized carbons (Fsp3) is 0.333. The van der Waals surface area contributed by atoms with Crippen molar-refractivity contribution in [1.82, 2.24) is 4.90 Å². The van der Waals surface area contributed by atoms with Crippen LogP contribution in [0.4, 0.5) is 5.69 Å². The molecule has 1 atom stereocenters. The van der Waals surface area contributed by atoms with Gasteiger partial charge in [0.25, 0.3) is 11.8 Å². The second-order valence-electron chi connectivity index (χ2n) is 4.95. The Kier molecular flexibility index (Phi) is 4.33. The van der Waals surface area contributed by atoms with Gasteiger partial charge in [0.15, 0.2) is 11.2 Å². The number of benzene rings is 1. The Labute approximate surface area is 137 Å². The summed E-state index contributed by atoms with van der Waals surface area (Å²) in [4.78, 5) is 41.5. The molecular formula is C15H15N3O4S. The second-order valence-corrected chi connectivity index (χ2v) is 6.01. The van der Waals surface area contributed by atoms with Gasteiger partial charge in [-0.1, -0.05) is 11.8 Å². The summed E-state index contributed by atoms with van der Waals surface area (Å²) >= 11 is 1.41. The first-order valence-electron chi connectivity index (χ1n) is 7.20. The number of esters is 1. The highest BCUT2D eigenvalue weighted by Crippen LogP contribution is 2.24. The van der Waals surface area contributed by atoms with E-state index in [2.05, 4.69) is 10.3 Å². The van der Waals surface area contributed by atoms with E-state index in [0.717, 1.165) is 5.75 Å². The fourth-order valence-corrected chi connectivity index (χ4v) is 3.27. The van der Waals surface area contributed by atoms with Crippen LogP contribution in [-0.4, -0.2) is 52.8 Å². The third-order valence-corrected chi connectivity index (χ3v) is 4.41. The summed E-state index contributed by atoms with van der Waals surface area (Å²) in [6.45, 7) is 2.60. The third kappa shape index (κ3) is 3.07. The summed E-state index contributed by atoms with van der Waals surface area (Å²) in [5.41, 5.74) is 0.977. The molecule has 0 spiro atoms. The Bertz CT molecular complexity index is 686. The molecule has 2 aliphatic rings. The number of amides is 2. The molecular weight excluding hydrogens is 318 g/mol. The molecule has 8 heteroatoms. The van der Waals surface area contributed by atoms with Gasteiger partial charge in [0.05, 0.1) is 12.2 Å². The lowest BCUT2D eigenvalue weighted by Crippen LogP contribution is -2.51. The van der Waals surface area contributed by atoms with E-state index in [0.29, 0.717) is 29.6 Å². The number of hydrogen-bond donors (Lipinski definition) is 1. The van der Waals surface area contributed by atoms with E-state index in [1.807, 2.05) is 0 Å². The minimum atomic E-state index is -1.02. The molecule has 1 saturated heterocycles. The molecule has 0 bridgehead atoms. The number of hydrogen-bond acceptors (Lipinski definition) is 6. The molecule has 2 aliphatic heterocycles. The number of amidine groups is 1. The van der Waals surface area contributed by atoms with Crippen LogP contribution in [0.15, 0.2) is 29.3 Å². The molecule has 3 rings (SSSR count). The summed E-state index contributed by atoms with van der Waals surface area (Å²) in [6.07, 6.45) is 0. The molecule has 1 aromatic rings. The van der Waals surface area contributed by atoms with Gasteiger partial charge in [0, 0.05) is 18.0 Å². The largest absolute Gasteiger partial charge is 0.462 e. The lowest BCUT2D eigenvalue weighted by atomic mass is 10.1. The zero-order valence-electron chi connectivity index (χ0n) is 12.4. The van der Waals surface area contributed by atoms with Gasteiger partial charge in [-0.3, -0.25) is 14.5 Å². The van der Waals surface area contributed by atoms with Crippen molar-refractivity contribution in [3.05, 3.63) is 29.8 Å². The molecule has 7 nitrogen and oxygen atoms in total. The monoisotopic (exact) mass is 333 g/mol. The minimum Gasteiger partial charge on any atom is -0.462 e.